The number of aliphatic carboxylic acids is 3. The molecule has 3 heterocycles. The minimum absolute atomic E-state index is 0.00953. The van der Waals surface area contributed by atoms with Crippen molar-refractivity contribution in [2.45, 2.75) is 77.2 Å². The van der Waals surface area contributed by atoms with Crippen LogP contribution in [0.4, 0.5) is 0 Å². The van der Waals surface area contributed by atoms with Crippen LogP contribution in [0.15, 0.2) is 24.3 Å². The van der Waals surface area contributed by atoms with Gasteiger partial charge in [-0.05, 0) is 36.8 Å². The smallest absolute Gasteiger partial charge is 0.326 e. The van der Waals surface area contributed by atoms with Crippen LogP contribution in [0.3, 0.4) is 0 Å². The van der Waals surface area contributed by atoms with E-state index in [1.165, 1.54) is 0 Å². The van der Waals surface area contributed by atoms with Crippen molar-refractivity contribution >= 4 is 72.4 Å². The molecule has 0 aromatic heterocycles. The fourth-order valence-electron chi connectivity index (χ4n) is 7.80. The Morgan fingerprint density at radius 2 is 1.20 bits per heavy atom. The molecule has 3 unspecified atom stereocenters. The minimum atomic E-state index is -4.35. The third-order valence-electron chi connectivity index (χ3n) is 11.6. The molecule has 3 saturated heterocycles. The SMILES string of the molecule is CCC[C@H](CP(=O)(O)OCC[C@H](NC(=O)CC[C@H](CCc1ccc(CCCC(=O)CN2CCN3CCN4CCN(CC2)CC(=O)[O][Ga]([O]C(=O)C3)[O]C(=O)C4)cc1)C(=O)O)C(=O)O)C(=O)O. The molecule has 0 spiro atoms. The maximum Gasteiger partial charge on any atom is 0.326 e. The Bertz CT molecular complexity index is 1860. The van der Waals surface area contributed by atoms with Crippen LogP contribution in [0.2, 0.25) is 0 Å². The molecule has 1 aromatic carbocycles. The van der Waals surface area contributed by atoms with E-state index in [2.05, 4.69) is 5.32 Å². The third kappa shape index (κ3) is 20.4. The van der Waals surface area contributed by atoms with Crippen molar-refractivity contribution < 1.29 is 78.2 Å². The number of rotatable bonds is 24. The average Bonchev–Trinajstić information content (AvgIpc) is 3.27. The number of nitrogens with one attached hydrogen (secondary N) is 1. The van der Waals surface area contributed by atoms with E-state index in [0.29, 0.717) is 84.5 Å². The van der Waals surface area contributed by atoms with Gasteiger partial charge in [0.2, 0.25) is 5.91 Å². The Morgan fingerprint density at radius 1 is 0.697 bits per heavy atom. The van der Waals surface area contributed by atoms with Crippen LogP contribution in [-0.4, -0.2) is 202 Å². The van der Waals surface area contributed by atoms with Gasteiger partial charge >= 0.3 is 214 Å². The van der Waals surface area contributed by atoms with Gasteiger partial charge in [0, 0.05) is 12.8 Å². The Kier molecular flexibility index (Phi) is 22.7. The summed E-state index contributed by atoms with van der Waals surface area (Å²) in [6.45, 7) is 5.10. The first kappa shape index (κ1) is 54.4. The number of hydrogen-bond acceptors (Lipinski definition) is 17. The van der Waals surface area contributed by atoms with E-state index < -0.39 is 97.3 Å². The van der Waals surface area contributed by atoms with Crippen molar-refractivity contribution in [3.05, 3.63) is 35.4 Å². The number of carbonyl (C=O) groups is 8. The fourth-order valence-corrected chi connectivity index (χ4v) is 11.3. The molecule has 366 valence electrons. The predicted molar refractivity (Wildman–Crippen MR) is 234 cm³/mol. The van der Waals surface area contributed by atoms with Gasteiger partial charge < -0.3 is 30.1 Å². The normalized spacial score (nSPS) is 22.1. The van der Waals surface area contributed by atoms with Gasteiger partial charge in [-0.15, -0.1) is 0 Å². The van der Waals surface area contributed by atoms with Crippen LogP contribution < -0.4 is 5.32 Å². The zero-order chi connectivity index (χ0) is 48.2. The van der Waals surface area contributed by atoms with Gasteiger partial charge in [-0.25, -0.2) is 4.79 Å². The molecule has 0 aliphatic carbocycles. The van der Waals surface area contributed by atoms with Gasteiger partial charge in [-0.1, -0.05) is 37.6 Å². The second-order valence-corrected chi connectivity index (χ2v) is 21.5. The minimum Gasteiger partial charge on any atom is -0.481 e. The van der Waals surface area contributed by atoms with Gasteiger partial charge in [0.05, 0.1) is 24.6 Å². The van der Waals surface area contributed by atoms with Crippen molar-refractivity contribution in [3.8, 4) is 0 Å². The van der Waals surface area contributed by atoms with Crippen molar-refractivity contribution in [1.82, 2.24) is 24.9 Å². The summed E-state index contributed by atoms with van der Waals surface area (Å²) in [7, 11) is -4.35. The molecule has 1 amide bonds. The van der Waals surface area contributed by atoms with Gasteiger partial charge in [-0.2, -0.15) is 0 Å². The standard InChI is InChI=1S/C42H66N5O17P.Ga/c1-2-4-33(41(58)59)29-65(62,63)64-24-15-35(42(60)61)43-36(49)14-13-32(40(56)57)12-11-31-9-7-30(8-10-31)5-3-6-34(48)25-44-16-18-45(26-37(50)51)20-22-47(28-39(54)55)23-21-46(19-17-44)27-38(52)53;/h7-10,32-33,35H,2-6,11-29H2,1H3,(H,43,49)(H,50,51)(H,52,53)(H,54,55)(H,56,57)(H,58,59)(H,60,61)(H,62,63);/q;+3/p-3/t32-,33+,35-;/m0./s1. The Balaban J connectivity index is 1.21. The average molecular weight is 1010 g/mol. The number of nitrogens with zero attached hydrogens (tertiary/aromatic N) is 4. The number of benzene rings is 1. The second-order valence-electron chi connectivity index (χ2n) is 16.9. The number of carboxylic acid groups (broad SMARTS) is 3. The summed E-state index contributed by atoms with van der Waals surface area (Å²) in [4.78, 5) is 117. The van der Waals surface area contributed by atoms with E-state index in [9.17, 15) is 63.1 Å². The largest absolute Gasteiger partial charge is 0.481 e. The molecule has 0 saturated carbocycles. The van der Waals surface area contributed by atoms with Gasteiger partial charge in [0.1, 0.15) is 6.04 Å². The number of aryl methyl sites for hydroxylation is 2. The molecular formula is C42H63GaN5O17P. The number of amides is 1. The molecule has 66 heavy (non-hydrogen) atoms. The van der Waals surface area contributed by atoms with E-state index in [1.54, 1.807) is 6.92 Å². The van der Waals surface area contributed by atoms with Crippen molar-refractivity contribution in [2.24, 2.45) is 11.8 Å². The van der Waals surface area contributed by atoms with E-state index in [-0.39, 0.29) is 64.1 Å². The van der Waals surface area contributed by atoms with E-state index in [1.807, 2.05) is 43.9 Å². The Hall–Kier alpha value is -4.19. The zero-order valence-electron chi connectivity index (χ0n) is 37.4. The fraction of sp³-hybridized carbons (Fsp3) is 0.667. The number of ketones is 1. The molecule has 22 nitrogen and oxygen atoms in total. The maximum absolute atomic E-state index is 13.3. The Morgan fingerprint density at radius 3 is 1.68 bits per heavy atom. The number of hydrogen-bond donors (Lipinski definition) is 5. The molecule has 3 aliphatic heterocycles. The Labute approximate surface area is 390 Å². The summed E-state index contributed by atoms with van der Waals surface area (Å²) in [6, 6.07) is 6.12. The van der Waals surface area contributed by atoms with E-state index in [4.69, 9.17) is 15.1 Å². The number of fused-ring (bicyclic) bond motifs is 7. The van der Waals surface area contributed by atoms with Crippen LogP contribution in [0.5, 0.6) is 0 Å². The zero-order valence-corrected chi connectivity index (χ0v) is 40.7. The van der Waals surface area contributed by atoms with Gasteiger partial charge in [-0.3, -0.25) is 18.9 Å². The quantitative estimate of drug-likeness (QED) is 0.0697. The molecule has 1 aromatic rings. The molecule has 3 fully saturated rings. The summed E-state index contributed by atoms with van der Waals surface area (Å²) in [5, 5.41) is 31.0. The summed E-state index contributed by atoms with van der Waals surface area (Å²) < 4.78 is 33.5. The number of carbonyl (C=O) groups excluding carboxylic acids is 5. The monoisotopic (exact) mass is 1010 g/mol. The molecule has 0 radical (unpaired) electrons. The number of Topliss-reactive ketones (excluding diaryl/α,β-unsaturated/α-hetero) is 1. The first-order chi connectivity index (χ1) is 31.4. The summed E-state index contributed by atoms with van der Waals surface area (Å²) in [5.74, 6) is -8.31. The maximum atomic E-state index is 13.3. The number of carboxylic acids is 3. The second kappa shape index (κ2) is 27.6. The molecule has 4 rings (SSSR count). The molecule has 5 N–H and O–H groups in total. The molecule has 6 atom stereocenters. The van der Waals surface area contributed by atoms with Crippen LogP contribution in [0, 0.1) is 11.8 Å². The van der Waals surface area contributed by atoms with Crippen LogP contribution in [0.1, 0.15) is 69.4 Å². The molecule has 4 bridgehead atoms. The van der Waals surface area contributed by atoms with E-state index in [0.717, 1.165) is 11.1 Å². The van der Waals surface area contributed by atoms with Crippen LogP contribution in [0.25, 0.3) is 0 Å². The van der Waals surface area contributed by atoms with Gasteiger partial charge in [0.15, 0.2) is 0 Å². The summed E-state index contributed by atoms with van der Waals surface area (Å²) in [6.07, 6.45) is 1.44. The molecule has 3 aliphatic rings. The van der Waals surface area contributed by atoms with Crippen molar-refractivity contribution in [1.29, 1.82) is 0 Å². The van der Waals surface area contributed by atoms with Crippen LogP contribution >= 0.6 is 7.60 Å². The van der Waals surface area contributed by atoms with Gasteiger partial charge in [0.25, 0.3) is 0 Å². The molecular weight excluding hydrogens is 947 g/mol. The predicted octanol–water partition coefficient (Wildman–Crippen LogP) is 0.518. The van der Waals surface area contributed by atoms with E-state index >= 15 is 0 Å². The first-order valence-corrected chi connectivity index (χ1v) is 27.1. The summed E-state index contributed by atoms with van der Waals surface area (Å²) in [5.41, 5.74) is 1.87. The molecule has 24 heteroatoms. The summed E-state index contributed by atoms with van der Waals surface area (Å²) >= 11 is -3.96. The topological polar surface area (TPSA) is 296 Å². The van der Waals surface area contributed by atoms with Crippen LogP contribution in [-0.2, 0) is 70.9 Å². The first-order valence-electron chi connectivity index (χ1n) is 22.4. The third-order valence-corrected chi connectivity index (χ3v) is 16.0. The van der Waals surface area contributed by atoms with Crippen molar-refractivity contribution in [2.75, 3.05) is 91.3 Å². The van der Waals surface area contributed by atoms with Crippen molar-refractivity contribution in [3.63, 3.8) is 0 Å².